The number of carbonyl (C=O) groups is 2. The number of hydrogen-bond donors (Lipinski definition) is 2. The molecule has 1 aromatic rings. The molecule has 0 aromatic heterocycles. The second-order valence-electron chi connectivity index (χ2n) is 10.0. The number of fused-ring (bicyclic) bond motifs is 5. The highest BCUT2D eigenvalue weighted by molar-refractivity contribution is 5.95. The summed E-state index contributed by atoms with van der Waals surface area (Å²) in [5.41, 5.74) is 0.405. The fraction of sp³-hybridized carbons (Fsp3) is 0.630. The summed E-state index contributed by atoms with van der Waals surface area (Å²) in [5.74, 6) is 0.383. The van der Waals surface area contributed by atoms with Gasteiger partial charge in [-0.3, -0.25) is 9.59 Å². The van der Waals surface area contributed by atoms with Crippen molar-refractivity contribution in [3.63, 3.8) is 0 Å². The molecule has 0 saturated heterocycles. The van der Waals surface area contributed by atoms with Crippen LogP contribution in [0, 0.1) is 41.4 Å². The summed E-state index contributed by atoms with van der Waals surface area (Å²) in [4.78, 5) is 26.2. The zero-order valence-electron chi connectivity index (χ0n) is 19.7. The largest absolute Gasteiger partial charge is 0.508 e. The molecule has 3 aliphatic carbocycles. The number of esters is 2. The Balaban J connectivity index is 1.85. The van der Waals surface area contributed by atoms with Crippen LogP contribution in [-0.4, -0.2) is 41.0 Å². The quantitative estimate of drug-likeness (QED) is 0.401. The predicted octanol–water partition coefficient (Wildman–Crippen LogP) is 3.58. The van der Waals surface area contributed by atoms with Crippen molar-refractivity contribution in [3.8, 4) is 18.1 Å². The number of aliphatic hydroxyl groups is 1. The number of carbonyl (C=O) groups excluding carboxylic acids is 2. The summed E-state index contributed by atoms with van der Waals surface area (Å²) in [7, 11) is 0. The first-order valence-corrected chi connectivity index (χ1v) is 12.1. The Morgan fingerprint density at radius 2 is 1.85 bits per heavy atom. The molecule has 6 atom stereocenters. The van der Waals surface area contributed by atoms with Gasteiger partial charge in [-0.2, -0.15) is 0 Å². The van der Waals surface area contributed by atoms with E-state index in [1.807, 2.05) is 6.07 Å². The highest BCUT2D eigenvalue weighted by Gasteiger charge is 2.64. The molecule has 2 saturated carbocycles. The molecule has 2 N–H and O–H groups in total. The second kappa shape index (κ2) is 8.68. The number of aromatic hydroxyl groups is 1. The van der Waals surface area contributed by atoms with Crippen molar-refractivity contribution < 1.29 is 29.3 Å². The first-order valence-electron chi connectivity index (χ1n) is 12.1. The zero-order valence-corrected chi connectivity index (χ0v) is 19.7. The monoisotopic (exact) mass is 454 g/mol. The third-order valence-corrected chi connectivity index (χ3v) is 8.71. The Hall–Kier alpha value is -2.52. The van der Waals surface area contributed by atoms with E-state index in [0.29, 0.717) is 12.8 Å². The standard InChI is InChI=1S/C27H34O6/c1-5-27(31)13-11-21-22-19(10-12-26(21,27)4)18-9-8-17(28)14-16(18)15-20(22)23(24(29)32-6-2)25(30)33-7-3/h1,8-9,14,19-23,28,31H,6-7,10-13,15H2,2-4H3/t19?,20-,21?,22?,26+,27+/m1/s1. The third-order valence-electron chi connectivity index (χ3n) is 8.71. The van der Waals surface area contributed by atoms with E-state index in [9.17, 15) is 19.8 Å². The molecule has 4 rings (SSSR count). The second-order valence-corrected chi connectivity index (χ2v) is 10.0. The lowest BCUT2D eigenvalue weighted by molar-refractivity contribution is -0.168. The van der Waals surface area contributed by atoms with E-state index < -0.39 is 28.9 Å². The van der Waals surface area contributed by atoms with Crippen molar-refractivity contribution in [2.45, 2.75) is 64.4 Å². The minimum absolute atomic E-state index is 0.0398. The molecule has 0 aliphatic heterocycles. The van der Waals surface area contributed by atoms with Gasteiger partial charge >= 0.3 is 11.9 Å². The van der Waals surface area contributed by atoms with Crippen LogP contribution < -0.4 is 0 Å². The maximum atomic E-state index is 13.1. The summed E-state index contributed by atoms with van der Waals surface area (Å²) < 4.78 is 10.7. The molecule has 0 spiro atoms. The molecule has 1 aromatic carbocycles. The number of hydrogen-bond acceptors (Lipinski definition) is 6. The van der Waals surface area contributed by atoms with Gasteiger partial charge < -0.3 is 19.7 Å². The Kier molecular flexibility index (Phi) is 6.22. The van der Waals surface area contributed by atoms with E-state index in [1.54, 1.807) is 26.0 Å². The van der Waals surface area contributed by atoms with Crippen molar-refractivity contribution in [2.24, 2.45) is 29.1 Å². The number of phenolic OH excluding ortho intramolecular Hbond substituents is 1. The highest BCUT2D eigenvalue weighted by atomic mass is 16.6. The van der Waals surface area contributed by atoms with E-state index in [2.05, 4.69) is 12.8 Å². The number of benzene rings is 1. The summed E-state index contributed by atoms with van der Waals surface area (Å²) in [6, 6.07) is 5.41. The van der Waals surface area contributed by atoms with Crippen molar-refractivity contribution in [3.05, 3.63) is 29.3 Å². The maximum Gasteiger partial charge on any atom is 0.320 e. The van der Waals surface area contributed by atoms with Crippen LogP contribution >= 0.6 is 0 Å². The molecule has 33 heavy (non-hydrogen) atoms. The van der Waals surface area contributed by atoms with Gasteiger partial charge in [-0.25, -0.2) is 0 Å². The van der Waals surface area contributed by atoms with E-state index in [4.69, 9.17) is 15.9 Å². The van der Waals surface area contributed by atoms with Gasteiger partial charge in [0.25, 0.3) is 0 Å². The van der Waals surface area contributed by atoms with Gasteiger partial charge in [0, 0.05) is 5.41 Å². The van der Waals surface area contributed by atoms with E-state index >= 15 is 0 Å². The number of ether oxygens (including phenoxy) is 2. The Morgan fingerprint density at radius 1 is 1.18 bits per heavy atom. The normalized spacial score (nSPS) is 34.5. The van der Waals surface area contributed by atoms with Crippen molar-refractivity contribution in [1.82, 2.24) is 0 Å². The molecule has 6 heteroatoms. The molecule has 6 nitrogen and oxygen atoms in total. The molecule has 2 fully saturated rings. The average molecular weight is 455 g/mol. The average Bonchev–Trinajstić information content (AvgIpc) is 3.05. The van der Waals surface area contributed by atoms with Crippen LogP contribution in [0.1, 0.15) is 63.5 Å². The minimum atomic E-state index is -1.20. The molecular formula is C27H34O6. The van der Waals surface area contributed by atoms with Crippen molar-refractivity contribution in [1.29, 1.82) is 0 Å². The van der Waals surface area contributed by atoms with Gasteiger partial charge in [0.15, 0.2) is 5.92 Å². The molecule has 0 bridgehead atoms. The smallest absolute Gasteiger partial charge is 0.320 e. The topological polar surface area (TPSA) is 93.1 Å². The van der Waals surface area contributed by atoms with Crippen LogP contribution in [0.25, 0.3) is 0 Å². The van der Waals surface area contributed by atoms with Crippen LogP contribution in [-0.2, 0) is 25.5 Å². The summed E-state index contributed by atoms with van der Waals surface area (Å²) in [5, 5.41) is 21.5. The Labute approximate surface area is 195 Å². The van der Waals surface area contributed by atoms with Gasteiger partial charge in [0.1, 0.15) is 11.4 Å². The number of rotatable bonds is 5. The van der Waals surface area contributed by atoms with E-state index in [0.717, 1.165) is 30.4 Å². The van der Waals surface area contributed by atoms with Crippen LogP contribution in [0.5, 0.6) is 5.75 Å². The van der Waals surface area contributed by atoms with Crippen molar-refractivity contribution in [2.75, 3.05) is 13.2 Å². The molecule has 0 amide bonds. The fourth-order valence-electron chi connectivity index (χ4n) is 7.18. The van der Waals surface area contributed by atoms with Gasteiger partial charge in [-0.15, -0.1) is 6.42 Å². The van der Waals surface area contributed by atoms with Crippen LogP contribution in [0.4, 0.5) is 0 Å². The fourth-order valence-corrected chi connectivity index (χ4v) is 7.18. The third kappa shape index (κ3) is 3.61. The van der Waals surface area contributed by atoms with Crippen LogP contribution in [0.15, 0.2) is 18.2 Å². The lowest BCUT2D eigenvalue weighted by Gasteiger charge is -2.55. The van der Waals surface area contributed by atoms with E-state index in [-0.39, 0.29) is 42.6 Å². The molecule has 178 valence electrons. The summed E-state index contributed by atoms with van der Waals surface area (Å²) in [6.07, 6.45) is 9.06. The van der Waals surface area contributed by atoms with Crippen LogP contribution in [0.3, 0.4) is 0 Å². The first kappa shape index (κ1) is 23.6. The summed E-state index contributed by atoms with van der Waals surface area (Å²) >= 11 is 0. The van der Waals surface area contributed by atoms with Gasteiger partial charge in [0.2, 0.25) is 0 Å². The van der Waals surface area contributed by atoms with Gasteiger partial charge in [0.05, 0.1) is 13.2 Å². The Morgan fingerprint density at radius 3 is 2.45 bits per heavy atom. The number of phenols is 1. The molecule has 0 radical (unpaired) electrons. The Bertz CT molecular complexity index is 961. The molecule has 3 unspecified atom stereocenters. The lowest BCUT2D eigenvalue weighted by atomic mass is 9.49. The zero-order chi connectivity index (χ0) is 24.0. The van der Waals surface area contributed by atoms with Crippen LogP contribution in [0.2, 0.25) is 0 Å². The van der Waals surface area contributed by atoms with E-state index in [1.165, 1.54) is 0 Å². The summed E-state index contributed by atoms with van der Waals surface area (Å²) in [6.45, 7) is 5.85. The lowest BCUT2D eigenvalue weighted by Crippen LogP contribution is -2.54. The van der Waals surface area contributed by atoms with Gasteiger partial charge in [-0.1, -0.05) is 18.9 Å². The molecular weight excluding hydrogens is 420 g/mol. The SMILES string of the molecule is C#C[C@]1(O)CCC2C3C(CC[C@@]21C)c1ccc(O)cc1C[C@H]3C(C(=O)OCC)C(=O)OCC. The van der Waals surface area contributed by atoms with Crippen molar-refractivity contribution >= 4 is 11.9 Å². The minimum Gasteiger partial charge on any atom is -0.508 e. The first-order chi connectivity index (χ1) is 15.7. The molecule has 0 heterocycles. The predicted molar refractivity (Wildman–Crippen MR) is 122 cm³/mol. The van der Waals surface area contributed by atoms with Gasteiger partial charge in [-0.05, 0) is 92.9 Å². The maximum absolute atomic E-state index is 13.1. The highest BCUT2D eigenvalue weighted by Crippen LogP contribution is 2.66. The molecule has 3 aliphatic rings. The number of terminal acetylenes is 1.